The largest absolute Gasteiger partial charge is 0.384 e. The van der Waals surface area contributed by atoms with Crippen LogP contribution in [0.15, 0.2) is 47.6 Å². The summed E-state index contributed by atoms with van der Waals surface area (Å²) in [7, 11) is -3.72. The van der Waals surface area contributed by atoms with E-state index in [9.17, 15) is 8.42 Å². The number of pyridine rings is 1. The molecule has 0 radical (unpaired) electrons. The van der Waals surface area contributed by atoms with Crippen molar-refractivity contribution in [3.8, 4) is 11.8 Å². The van der Waals surface area contributed by atoms with Gasteiger partial charge in [0.2, 0.25) is 0 Å². The lowest BCUT2D eigenvalue weighted by atomic mass is 10.1. The molecule has 21 heavy (non-hydrogen) atoms. The number of aliphatic hydroxyl groups excluding tert-OH is 1. The highest BCUT2D eigenvalue weighted by atomic mass is 32.2. The molecule has 0 amide bonds. The van der Waals surface area contributed by atoms with E-state index in [4.69, 9.17) is 5.11 Å². The van der Waals surface area contributed by atoms with Gasteiger partial charge in [0, 0.05) is 18.0 Å². The molecule has 1 aromatic heterocycles. The van der Waals surface area contributed by atoms with Crippen LogP contribution in [0, 0.1) is 18.8 Å². The summed E-state index contributed by atoms with van der Waals surface area (Å²) in [4.78, 5) is 3.88. The predicted octanol–water partition coefficient (Wildman–Crippen LogP) is 1.53. The zero-order valence-corrected chi connectivity index (χ0v) is 12.2. The monoisotopic (exact) mass is 302 g/mol. The fourth-order valence-corrected chi connectivity index (χ4v) is 2.73. The molecule has 0 fully saturated rings. The summed E-state index contributed by atoms with van der Waals surface area (Å²) in [5, 5.41) is 8.76. The van der Waals surface area contributed by atoms with Crippen molar-refractivity contribution in [3.63, 3.8) is 0 Å². The Hall–Kier alpha value is -2.36. The van der Waals surface area contributed by atoms with Crippen LogP contribution in [0.2, 0.25) is 0 Å². The molecule has 0 aliphatic carbocycles. The van der Waals surface area contributed by atoms with E-state index in [1.807, 2.05) is 13.0 Å². The molecule has 0 saturated heterocycles. The third kappa shape index (κ3) is 3.81. The fraction of sp³-hybridized carbons (Fsp3) is 0.133. The first-order valence-corrected chi connectivity index (χ1v) is 7.64. The number of rotatable bonds is 3. The summed E-state index contributed by atoms with van der Waals surface area (Å²) in [6, 6.07) is 8.24. The average Bonchev–Trinajstić information content (AvgIpc) is 2.47. The number of benzene rings is 1. The van der Waals surface area contributed by atoms with Gasteiger partial charge in [-0.15, -0.1) is 0 Å². The Bertz CT molecular complexity index is 791. The summed E-state index contributed by atoms with van der Waals surface area (Å²) >= 11 is 0. The van der Waals surface area contributed by atoms with Gasteiger partial charge in [-0.3, -0.25) is 9.71 Å². The molecule has 2 rings (SSSR count). The van der Waals surface area contributed by atoms with E-state index in [2.05, 4.69) is 21.5 Å². The molecule has 1 aromatic carbocycles. The van der Waals surface area contributed by atoms with Crippen molar-refractivity contribution in [1.82, 2.24) is 4.98 Å². The van der Waals surface area contributed by atoms with Gasteiger partial charge in [0.15, 0.2) is 0 Å². The topological polar surface area (TPSA) is 79.3 Å². The second-order valence-corrected chi connectivity index (χ2v) is 5.99. The van der Waals surface area contributed by atoms with E-state index in [0.29, 0.717) is 11.3 Å². The molecule has 0 unspecified atom stereocenters. The lowest BCUT2D eigenvalue weighted by Gasteiger charge is -2.10. The number of sulfonamides is 1. The molecule has 1 heterocycles. The van der Waals surface area contributed by atoms with Gasteiger partial charge in [0.05, 0.1) is 5.69 Å². The zero-order valence-electron chi connectivity index (χ0n) is 11.4. The predicted molar refractivity (Wildman–Crippen MR) is 80.2 cm³/mol. The van der Waals surface area contributed by atoms with Crippen LogP contribution in [-0.2, 0) is 10.0 Å². The Balaban J connectivity index is 2.41. The van der Waals surface area contributed by atoms with E-state index >= 15 is 0 Å². The normalized spacial score (nSPS) is 10.6. The van der Waals surface area contributed by atoms with E-state index in [1.165, 1.54) is 18.5 Å². The van der Waals surface area contributed by atoms with Gasteiger partial charge in [-0.2, -0.15) is 0 Å². The van der Waals surface area contributed by atoms with Crippen LogP contribution < -0.4 is 4.72 Å². The molecule has 6 heteroatoms. The van der Waals surface area contributed by atoms with Crippen LogP contribution in [0.4, 0.5) is 5.69 Å². The van der Waals surface area contributed by atoms with E-state index in [1.54, 1.807) is 18.2 Å². The third-order valence-electron chi connectivity index (χ3n) is 2.67. The summed E-state index contributed by atoms with van der Waals surface area (Å²) < 4.78 is 27.1. The molecular weight excluding hydrogens is 288 g/mol. The Morgan fingerprint density at radius 2 is 2.14 bits per heavy atom. The van der Waals surface area contributed by atoms with Gasteiger partial charge in [0.25, 0.3) is 10.0 Å². The standard InChI is InChI=1S/C15H14N2O3S/c1-12-6-7-13(4-3-9-18)15(10-12)17-21(19,20)14-5-2-8-16-11-14/h2,5-8,10-11,17-18H,9H2,1H3. The van der Waals surface area contributed by atoms with Crippen molar-refractivity contribution >= 4 is 15.7 Å². The maximum Gasteiger partial charge on any atom is 0.263 e. The van der Waals surface area contributed by atoms with Crippen molar-refractivity contribution in [1.29, 1.82) is 0 Å². The van der Waals surface area contributed by atoms with Crippen molar-refractivity contribution in [2.24, 2.45) is 0 Å². The first-order valence-electron chi connectivity index (χ1n) is 6.16. The minimum absolute atomic E-state index is 0.0765. The van der Waals surface area contributed by atoms with E-state index < -0.39 is 10.0 Å². The number of aryl methyl sites for hydroxylation is 1. The van der Waals surface area contributed by atoms with Crippen LogP contribution in [0.1, 0.15) is 11.1 Å². The van der Waals surface area contributed by atoms with Crippen molar-refractivity contribution in [3.05, 3.63) is 53.9 Å². The van der Waals surface area contributed by atoms with Gasteiger partial charge in [-0.05, 0) is 36.8 Å². The molecule has 2 N–H and O–H groups in total. The Morgan fingerprint density at radius 3 is 2.81 bits per heavy atom. The summed E-state index contributed by atoms with van der Waals surface area (Å²) in [6.45, 7) is 1.56. The number of hydrogen-bond acceptors (Lipinski definition) is 4. The van der Waals surface area contributed by atoms with Crippen LogP contribution in [0.5, 0.6) is 0 Å². The minimum Gasteiger partial charge on any atom is -0.384 e. The molecule has 0 atom stereocenters. The number of aliphatic hydroxyl groups is 1. The van der Waals surface area contributed by atoms with Gasteiger partial charge in [-0.25, -0.2) is 8.42 Å². The van der Waals surface area contributed by atoms with Crippen molar-refractivity contribution in [2.75, 3.05) is 11.3 Å². The highest BCUT2D eigenvalue weighted by molar-refractivity contribution is 7.92. The number of aromatic nitrogens is 1. The average molecular weight is 302 g/mol. The van der Waals surface area contributed by atoms with Crippen molar-refractivity contribution < 1.29 is 13.5 Å². The van der Waals surface area contributed by atoms with Crippen LogP contribution in [-0.4, -0.2) is 25.1 Å². The van der Waals surface area contributed by atoms with Crippen LogP contribution >= 0.6 is 0 Å². The van der Waals surface area contributed by atoms with Gasteiger partial charge in [0.1, 0.15) is 11.5 Å². The number of nitrogens with zero attached hydrogens (tertiary/aromatic N) is 1. The Labute approximate surface area is 123 Å². The fourth-order valence-electron chi connectivity index (χ4n) is 1.70. The molecule has 2 aromatic rings. The highest BCUT2D eigenvalue weighted by Crippen LogP contribution is 2.20. The molecule has 5 nitrogen and oxygen atoms in total. The summed E-state index contributed by atoms with van der Waals surface area (Å²) in [5.41, 5.74) is 1.77. The quantitative estimate of drug-likeness (QED) is 0.843. The van der Waals surface area contributed by atoms with Crippen molar-refractivity contribution in [2.45, 2.75) is 11.8 Å². The van der Waals surface area contributed by atoms with E-state index in [0.717, 1.165) is 5.56 Å². The molecular formula is C15H14N2O3S. The zero-order chi connectivity index (χ0) is 15.3. The Morgan fingerprint density at radius 1 is 1.33 bits per heavy atom. The molecule has 0 aliphatic heterocycles. The minimum atomic E-state index is -3.72. The summed E-state index contributed by atoms with van der Waals surface area (Å²) in [5.74, 6) is 5.23. The second kappa shape index (κ2) is 6.39. The second-order valence-electron chi connectivity index (χ2n) is 4.30. The molecule has 0 spiro atoms. The first kappa shape index (κ1) is 15.0. The lowest BCUT2D eigenvalue weighted by molar-refractivity contribution is 0.350. The van der Waals surface area contributed by atoms with E-state index in [-0.39, 0.29) is 11.5 Å². The molecule has 0 bridgehead atoms. The van der Waals surface area contributed by atoms with Gasteiger partial charge < -0.3 is 5.11 Å². The first-order chi connectivity index (χ1) is 10.0. The van der Waals surface area contributed by atoms with Gasteiger partial charge >= 0.3 is 0 Å². The lowest BCUT2D eigenvalue weighted by Crippen LogP contribution is -2.14. The van der Waals surface area contributed by atoms with Gasteiger partial charge in [-0.1, -0.05) is 17.9 Å². The number of hydrogen-bond donors (Lipinski definition) is 2. The smallest absolute Gasteiger partial charge is 0.263 e. The molecule has 0 aliphatic rings. The maximum atomic E-state index is 12.3. The molecule has 108 valence electrons. The number of nitrogens with one attached hydrogen (secondary N) is 1. The SMILES string of the molecule is Cc1ccc(C#CCO)c(NS(=O)(=O)c2cccnc2)c1. The third-order valence-corrected chi connectivity index (χ3v) is 4.02. The Kier molecular flexibility index (Phi) is 4.58. The molecule has 0 saturated carbocycles. The highest BCUT2D eigenvalue weighted by Gasteiger charge is 2.15. The number of anilines is 1. The van der Waals surface area contributed by atoms with Crippen LogP contribution in [0.25, 0.3) is 0 Å². The maximum absolute atomic E-state index is 12.3. The summed E-state index contributed by atoms with van der Waals surface area (Å²) in [6.07, 6.45) is 2.78. The van der Waals surface area contributed by atoms with Crippen LogP contribution in [0.3, 0.4) is 0 Å².